The molecule has 17 unspecified atom stereocenters. The first kappa shape index (κ1) is 85.7. The maximum absolute atomic E-state index is 13.4. The van der Waals surface area contributed by atoms with E-state index in [-0.39, 0.29) is 18.9 Å². The number of ether oxygens (including phenoxy) is 6. The van der Waals surface area contributed by atoms with Crippen LogP contribution >= 0.6 is 0 Å². The van der Waals surface area contributed by atoms with Crippen LogP contribution < -0.4 is 5.32 Å². The maximum atomic E-state index is 13.4. The third-order valence-corrected chi connectivity index (χ3v) is 18.6. The number of allylic oxidation sites excluding steroid dienone is 9. The van der Waals surface area contributed by atoms with Gasteiger partial charge >= 0.3 is 0 Å². The Labute approximate surface area is 566 Å². The molecular formula is C75H135NO18. The number of amides is 1. The van der Waals surface area contributed by atoms with E-state index in [1.165, 1.54) is 167 Å². The number of aliphatic hydroxyl groups is 11. The van der Waals surface area contributed by atoms with Crippen molar-refractivity contribution in [3.8, 4) is 0 Å². The number of rotatable bonds is 58. The molecule has 3 heterocycles. The first-order valence-corrected chi connectivity index (χ1v) is 37.5. The van der Waals surface area contributed by atoms with Gasteiger partial charge < -0.3 is 89.9 Å². The van der Waals surface area contributed by atoms with E-state index in [9.17, 15) is 61.0 Å². The average molecular weight is 1340 g/mol. The SMILES string of the molecule is CC/C=C\C/C=C\C/C=C\C/C=C\CCCCCCCCCCCCC(=O)NC(COC1OC(CO)C(OC2OC(CO)C(OC3OC(CO)C(O)C(O)C3O)C(O)C2O)C(O)C1O)C(O)/C=C/CCCCCCCCCCCCCCCCCCCCCCCCCC. The minimum atomic E-state index is -1.98. The van der Waals surface area contributed by atoms with Gasteiger partial charge in [-0.2, -0.15) is 0 Å². The quantitative estimate of drug-likeness (QED) is 0.0199. The molecular weight excluding hydrogens is 1200 g/mol. The van der Waals surface area contributed by atoms with Crippen LogP contribution in [0.1, 0.15) is 277 Å². The first-order valence-electron chi connectivity index (χ1n) is 37.5. The lowest BCUT2D eigenvalue weighted by Crippen LogP contribution is -2.66. The summed E-state index contributed by atoms with van der Waals surface area (Å²) >= 11 is 0. The van der Waals surface area contributed by atoms with Crippen LogP contribution in [0.2, 0.25) is 0 Å². The van der Waals surface area contributed by atoms with Crippen molar-refractivity contribution in [2.24, 2.45) is 0 Å². The standard InChI is InChI=1S/C75H135NO18/c1-3-5-7-9-11-13-15-17-19-21-23-25-27-28-29-31-32-34-36-38-40-42-44-46-48-50-52-59(80)58(76-63(81)53-51-49-47-45-43-41-39-37-35-33-30-26-24-22-20-18-16-14-12-10-8-6-4-2)57-89-73-69(87)66(84)71(61(55-78)91-73)94-75-70(88)67(85)72(62(56-79)92-75)93-74-68(86)65(83)64(82)60(54-77)90-74/h6,8,12,14,18,20,24,26,50,52,58-62,64-75,77-80,82-88H,3-5,7,9-11,13,15-17,19,21-23,25,27-49,51,53-57H2,1-2H3,(H,76,81)/b8-6-,14-12-,20-18-,26-24-,52-50+. The van der Waals surface area contributed by atoms with Crippen LogP contribution in [0.4, 0.5) is 0 Å². The van der Waals surface area contributed by atoms with Gasteiger partial charge in [-0.1, -0.05) is 274 Å². The highest BCUT2D eigenvalue weighted by molar-refractivity contribution is 5.76. The van der Waals surface area contributed by atoms with Crippen LogP contribution in [0.3, 0.4) is 0 Å². The Morgan fingerprint density at radius 1 is 0.394 bits per heavy atom. The molecule has 3 aliphatic heterocycles. The molecule has 0 radical (unpaired) electrons. The summed E-state index contributed by atoms with van der Waals surface area (Å²) in [6.07, 6.45) is 43.3. The van der Waals surface area contributed by atoms with Gasteiger partial charge in [0.25, 0.3) is 0 Å². The zero-order valence-corrected chi connectivity index (χ0v) is 58.2. The summed E-state index contributed by atoms with van der Waals surface area (Å²) in [5.41, 5.74) is 0. The van der Waals surface area contributed by atoms with Gasteiger partial charge in [0.05, 0.1) is 38.6 Å². The van der Waals surface area contributed by atoms with Crippen molar-refractivity contribution in [2.75, 3.05) is 26.4 Å². The summed E-state index contributed by atoms with van der Waals surface area (Å²) < 4.78 is 34.4. The van der Waals surface area contributed by atoms with Gasteiger partial charge in [0.1, 0.15) is 73.2 Å². The fraction of sp³-hybridized carbons (Fsp3) is 0.853. The summed E-state index contributed by atoms with van der Waals surface area (Å²) in [4.78, 5) is 13.4. The van der Waals surface area contributed by atoms with Crippen molar-refractivity contribution < 1.29 is 89.4 Å². The summed E-state index contributed by atoms with van der Waals surface area (Å²) in [5, 5.41) is 121. The molecule has 548 valence electrons. The lowest BCUT2D eigenvalue weighted by atomic mass is 9.96. The number of carbonyl (C=O) groups is 1. The molecule has 3 saturated heterocycles. The Hall–Kier alpha value is -2.51. The average Bonchev–Trinajstić information content (AvgIpc) is 0.787. The minimum absolute atomic E-state index is 0.236. The zero-order valence-electron chi connectivity index (χ0n) is 58.2. The molecule has 1 amide bonds. The summed E-state index contributed by atoms with van der Waals surface area (Å²) in [7, 11) is 0. The van der Waals surface area contributed by atoms with E-state index >= 15 is 0 Å². The van der Waals surface area contributed by atoms with E-state index in [4.69, 9.17) is 28.4 Å². The number of hydrogen-bond acceptors (Lipinski definition) is 18. The number of carbonyl (C=O) groups excluding carboxylic acids is 1. The molecule has 12 N–H and O–H groups in total. The van der Waals surface area contributed by atoms with E-state index in [1.54, 1.807) is 6.08 Å². The lowest BCUT2D eigenvalue weighted by molar-refractivity contribution is -0.379. The van der Waals surface area contributed by atoms with E-state index in [2.05, 4.69) is 67.8 Å². The van der Waals surface area contributed by atoms with Crippen molar-refractivity contribution >= 4 is 5.91 Å². The number of aliphatic hydroxyl groups excluding tert-OH is 11. The van der Waals surface area contributed by atoms with Crippen molar-refractivity contribution in [3.63, 3.8) is 0 Å². The van der Waals surface area contributed by atoms with Crippen LogP contribution in [0.25, 0.3) is 0 Å². The molecule has 19 nitrogen and oxygen atoms in total. The van der Waals surface area contributed by atoms with Gasteiger partial charge in [-0.05, 0) is 57.8 Å². The summed E-state index contributed by atoms with van der Waals surface area (Å²) in [6.45, 7) is 1.65. The van der Waals surface area contributed by atoms with Crippen LogP contribution in [0, 0.1) is 0 Å². The lowest BCUT2D eigenvalue weighted by Gasteiger charge is -2.48. The van der Waals surface area contributed by atoms with Crippen LogP contribution in [0.15, 0.2) is 60.8 Å². The molecule has 0 bridgehead atoms. The highest BCUT2D eigenvalue weighted by Crippen LogP contribution is 2.33. The molecule has 0 saturated carbocycles. The second-order valence-electron chi connectivity index (χ2n) is 26.7. The number of unbranched alkanes of at least 4 members (excludes halogenated alkanes) is 34. The van der Waals surface area contributed by atoms with Crippen molar-refractivity contribution in [3.05, 3.63) is 60.8 Å². The number of hydrogen-bond donors (Lipinski definition) is 12. The van der Waals surface area contributed by atoms with Crippen molar-refractivity contribution in [1.82, 2.24) is 5.32 Å². The van der Waals surface area contributed by atoms with Crippen LogP contribution in [-0.2, 0) is 33.2 Å². The van der Waals surface area contributed by atoms with Gasteiger partial charge in [-0.15, -0.1) is 0 Å². The molecule has 0 aliphatic carbocycles. The summed E-state index contributed by atoms with van der Waals surface area (Å²) in [5.74, 6) is -0.279. The van der Waals surface area contributed by atoms with Gasteiger partial charge in [-0.3, -0.25) is 4.79 Å². The maximum Gasteiger partial charge on any atom is 0.220 e. The molecule has 94 heavy (non-hydrogen) atoms. The normalized spacial score (nSPS) is 27.7. The Morgan fingerprint density at radius 2 is 0.734 bits per heavy atom. The van der Waals surface area contributed by atoms with E-state index in [1.807, 2.05) is 6.08 Å². The fourth-order valence-corrected chi connectivity index (χ4v) is 12.5. The molecule has 0 aromatic rings. The largest absolute Gasteiger partial charge is 0.394 e. The molecule has 0 spiro atoms. The van der Waals surface area contributed by atoms with E-state index < -0.39 is 124 Å². The molecule has 0 aromatic heterocycles. The van der Waals surface area contributed by atoms with Crippen LogP contribution in [-0.4, -0.2) is 193 Å². The summed E-state index contributed by atoms with van der Waals surface area (Å²) in [6, 6.07) is -0.979. The third-order valence-electron chi connectivity index (χ3n) is 18.6. The van der Waals surface area contributed by atoms with Gasteiger partial charge in [0.2, 0.25) is 5.91 Å². The van der Waals surface area contributed by atoms with Crippen molar-refractivity contribution in [2.45, 2.75) is 381 Å². The third kappa shape index (κ3) is 37.1. The fourth-order valence-electron chi connectivity index (χ4n) is 12.5. The zero-order chi connectivity index (χ0) is 68.2. The molecule has 3 rings (SSSR count). The minimum Gasteiger partial charge on any atom is -0.394 e. The Balaban J connectivity index is 1.42. The van der Waals surface area contributed by atoms with Gasteiger partial charge in [0, 0.05) is 6.42 Å². The molecule has 17 atom stereocenters. The Morgan fingerprint density at radius 3 is 1.15 bits per heavy atom. The second kappa shape index (κ2) is 56.3. The smallest absolute Gasteiger partial charge is 0.220 e. The predicted molar refractivity (Wildman–Crippen MR) is 369 cm³/mol. The predicted octanol–water partition coefficient (Wildman–Crippen LogP) is 11.1. The molecule has 3 aliphatic rings. The second-order valence-corrected chi connectivity index (χ2v) is 26.7. The van der Waals surface area contributed by atoms with Crippen LogP contribution in [0.5, 0.6) is 0 Å². The van der Waals surface area contributed by atoms with Gasteiger partial charge in [-0.25, -0.2) is 0 Å². The van der Waals surface area contributed by atoms with Gasteiger partial charge in [0.15, 0.2) is 18.9 Å². The number of nitrogens with one attached hydrogen (secondary N) is 1. The topological polar surface area (TPSA) is 307 Å². The van der Waals surface area contributed by atoms with Crippen molar-refractivity contribution in [1.29, 1.82) is 0 Å². The Kier molecular flexibility index (Phi) is 51.3. The molecule has 0 aromatic carbocycles. The first-order chi connectivity index (χ1) is 45.8. The van der Waals surface area contributed by atoms with E-state index in [0.717, 1.165) is 83.5 Å². The molecule has 19 heteroatoms. The monoisotopic (exact) mass is 1340 g/mol. The highest BCUT2D eigenvalue weighted by atomic mass is 16.8. The molecule has 3 fully saturated rings. The van der Waals surface area contributed by atoms with E-state index in [0.29, 0.717) is 6.42 Å². The Bertz CT molecular complexity index is 1940. The highest BCUT2D eigenvalue weighted by Gasteiger charge is 2.53.